The summed E-state index contributed by atoms with van der Waals surface area (Å²) in [5, 5.41) is 13.4. The average molecular weight is 230 g/mol. The molecule has 0 aliphatic heterocycles. The first-order valence-electron chi connectivity index (χ1n) is 5.40. The van der Waals surface area contributed by atoms with Crippen molar-refractivity contribution >= 4 is 5.97 Å². The molecule has 0 aliphatic rings. The van der Waals surface area contributed by atoms with E-state index in [1.54, 1.807) is 25.4 Å². The summed E-state index contributed by atoms with van der Waals surface area (Å²) in [5.74, 6) is -0.884. The molecule has 0 saturated carbocycles. The van der Waals surface area contributed by atoms with Crippen LogP contribution in [0.15, 0.2) is 48.8 Å². The number of rotatable bonds is 4. The predicted octanol–water partition coefficient (Wildman–Crippen LogP) is 1.93. The molecule has 17 heavy (non-hydrogen) atoms. The highest BCUT2D eigenvalue weighted by atomic mass is 16.4. The van der Waals surface area contributed by atoms with E-state index in [0.29, 0.717) is 6.42 Å². The topological polar surface area (TPSA) is 55.1 Å². The fourth-order valence-corrected chi connectivity index (χ4v) is 1.81. The Labute approximate surface area is 99.5 Å². The van der Waals surface area contributed by atoms with Crippen molar-refractivity contribution in [1.82, 2.24) is 9.78 Å². The summed E-state index contributed by atoms with van der Waals surface area (Å²) in [6.45, 7) is 1.68. The molecule has 1 atom stereocenters. The zero-order chi connectivity index (χ0) is 12.3. The molecule has 1 aromatic heterocycles. The largest absolute Gasteiger partial charge is 0.479 e. The molecule has 1 heterocycles. The molecule has 0 saturated heterocycles. The third-order valence-electron chi connectivity index (χ3n) is 2.86. The van der Waals surface area contributed by atoms with Crippen molar-refractivity contribution < 1.29 is 9.90 Å². The number of carbonyl (C=O) groups is 1. The van der Waals surface area contributed by atoms with Crippen LogP contribution in [0.5, 0.6) is 0 Å². The fourth-order valence-electron chi connectivity index (χ4n) is 1.81. The number of hydrogen-bond acceptors (Lipinski definition) is 2. The van der Waals surface area contributed by atoms with Gasteiger partial charge in [-0.3, -0.25) is 4.68 Å². The Balaban J connectivity index is 2.34. The van der Waals surface area contributed by atoms with Crippen molar-refractivity contribution in [1.29, 1.82) is 0 Å². The van der Waals surface area contributed by atoms with E-state index in [-0.39, 0.29) is 0 Å². The molecular weight excluding hydrogens is 216 g/mol. The molecule has 4 nitrogen and oxygen atoms in total. The molecule has 4 heteroatoms. The van der Waals surface area contributed by atoms with E-state index in [0.717, 1.165) is 5.56 Å². The van der Waals surface area contributed by atoms with Gasteiger partial charge in [0.1, 0.15) is 0 Å². The first-order valence-corrected chi connectivity index (χ1v) is 5.40. The van der Waals surface area contributed by atoms with Crippen molar-refractivity contribution in [2.24, 2.45) is 0 Å². The summed E-state index contributed by atoms with van der Waals surface area (Å²) in [4.78, 5) is 11.5. The van der Waals surface area contributed by atoms with Crippen LogP contribution in [-0.4, -0.2) is 20.9 Å². The van der Waals surface area contributed by atoms with Crippen LogP contribution in [-0.2, 0) is 16.8 Å². The molecule has 1 N–H and O–H groups in total. The molecule has 0 bridgehead atoms. The minimum absolute atomic E-state index is 0.408. The van der Waals surface area contributed by atoms with Gasteiger partial charge in [0, 0.05) is 18.8 Å². The van der Waals surface area contributed by atoms with Crippen LogP contribution in [0.3, 0.4) is 0 Å². The second-order valence-corrected chi connectivity index (χ2v) is 4.19. The molecule has 0 amide bonds. The first kappa shape index (κ1) is 11.4. The van der Waals surface area contributed by atoms with Gasteiger partial charge in [-0.25, -0.2) is 4.79 Å². The number of carboxylic acid groups (broad SMARTS) is 1. The van der Waals surface area contributed by atoms with Crippen LogP contribution in [0.25, 0.3) is 0 Å². The van der Waals surface area contributed by atoms with Crippen LogP contribution < -0.4 is 0 Å². The van der Waals surface area contributed by atoms with Gasteiger partial charge in [-0.15, -0.1) is 0 Å². The van der Waals surface area contributed by atoms with Crippen molar-refractivity contribution in [3.05, 3.63) is 54.4 Å². The van der Waals surface area contributed by atoms with Crippen LogP contribution in [0.2, 0.25) is 0 Å². The Bertz CT molecular complexity index is 493. The minimum Gasteiger partial charge on any atom is -0.479 e. The van der Waals surface area contributed by atoms with Gasteiger partial charge in [-0.2, -0.15) is 5.10 Å². The predicted molar refractivity (Wildman–Crippen MR) is 63.7 cm³/mol. The lowest BCUT2D eigenvalue weighted by Crippen LogP contribution is -2.41. The smallest absolute Gasteiger partial charge is 0.331 e. The number of carboxylic acids is 1. The summed E-state index contributed by atoms with van der Waals surface area (Å²) in [6, 6.07) is 11.3. The third kappa shape index (κ3) is 2.20. The van der Waals surface area contributed by atoms with E-state index < -0.39 is 11.5 Å². The van der Waals surface area contributed by atoms with E-state index in [4.69, 9.17) is 0 Å². The average Bonchev–Trinajstić information content (AvgIpc) is 2.84. The van der Waals surface area contributed by atoms with Crippen molar-refractivity contribution in [2.75, 3.05) is 0 Å². The maximum Gasteiger partial charge on any atom is 0.331 e. The number of aromatic nitrogens is 2. The van der Waals surface area contributed by atoms with Crippen molar-refractivity contribution in [3.63, 3.8) is 0 Å². The quantitative estimate of drug-likeness (QED) is 0.873. The van der Waals surface area contributed by atoms with Crippen molar-refractivity contribution in [3.8, 4) is 0 Å². The van der Waals surface area contributed by atoms with Crippen LogP contribution in [0, 0.1) is 0 Å². The van der Waals surface area contributed by atoms with Gasteiger partial charge in [-0.05, 0) is 18.6 Å². The highest BCUT2D eigenvalue weighted by Crippen LogP contribution is 2.21. The fraction of sp³-hybridized carbons (Fsp3) is 0.231. The Morgan fingerprint density at radius 1 is 1.35 bits per heavy atom. The lowest BCUT2D eigenvalue weighted by molar-refractivity contribution is -0.147. The summed E-state index contributed by atoms with van der Waals surface area (Å²) in [5.41, 5.74) is -0.0712. The van der Waals surface area contributed by atoms with Gasteiger partial charge in [0.25, 0.3) is 0 Å². The molecule has 0 fully saturated rings. The number of benzene rings is 1. The van der Waals surface area contributed by atoms with Crippen LogP contribution in [0.4, 0.5) is 0 Å². The minimum atomic E-state index is -1.05. The summed E-state index contributed by atoms with van der Waals surface area (Å²) in [6.07, 6.45) is 3.67. The van der Waals surface area contributed by atoms with E-state index in [1.807, 2.05) is 30.3 Å². The maximum absolute atomic E-state index is 11.5. The van der Waals surface area contributed by atoms with Gasteiger partial charge in [0.15, 0.2) is 5.54 Å². The SMILES string of the molecule is CC(Cc1ccccc1)(C(=O)O)n1cccn1. The number of hydrogen-bond donors (Lipinski definition) is 1. The highest BCUT2D eigenvalue weighted by molar-refractivity contribution is 5.76. The third-order valence-corrected chi connectivity index (χ3v) is 2.86. The molecule has 88 valence electrons. The second-order valence-electron chi connectivity index (χ2n) is 4.19. The molecule has 2 aromatic rings. The van der Waals surface area contributed by atoms with Gasteiger partial charge >= 0.3 is 5.97 Å². The Hall–Kier alpha value is -2.10. The monoisotopic (exact) mass is 230 g/mol. The van der Waals surface area contributed by atoms with Crippen LogP contribution >= 0.6 is 0 Å². The van der Waals surface area contributed by atoms with Gasteiger partial charge < -0.3 is 5.11 Å². The number of aliphatic carboxylic acids is 1. The first-order chi connectivity index (χ1) is 8.13. The van der Waals surface area contributed by atoms with E-state index in [9.17, 15) is 9.90 Å². The van der Waals surface area contributed by atoms with E-state index in [2.05, 4.69) is 5.10 Å². The summed E-state index contributed by atoms with van der Waals surface area (Å²) < 4.78 is 1.49. The molecule has 0 radical (unpaired) electrons. The van der Waals surface area contributed by atoms with Crippen molar-refractivity contribution in [2.45, 2.75) is 18.9 Å². The lowest BCUT2D eigenvalue weighted by Gasteiger charge is -2.25. The highest BCUT2D eigenvalue weighted by Gasteiger charge is 2.35. The Kier molecular flexibility index (Phi) is 2.95. The van der Waals surface area contributed by atoms with Gasteiger partial charge in [0.2, 0.25) is 0 Å². The Morgan fingerprint density at radius 3 is 2.59 bits per heavy atom. The summed E-state index contributed by atoms with van der Waals surface area (Å²) in [7, 11) is 0. The number of nitrogens with zero attached hydrogens (tertiary/aromatic N) is 2. The molecular formula is C13H14N2O2. The lowest BCUT2D eigenvalue weighted by atomic mass is 9.93. The molecule has 1 unspecified atom stereocenters. The summed E-state index contributed by atoms with van der Waals surface area (Å²) >= 11 is 0. The standard InChI is InChI=1S/C13H14N2O2/c1-13(12(16)17,15-9-5-8-14-15)10-11-6-3-2-4-7-11/h2-9H,10H2,1H3,(H,16,17). The van der Waals surface area contributed by atoms with Crippen LogP contribution in [0.1, 0.15) is 12.5 Å². The van der Waals surface area contributed by atoms with E-state index >= 15 is 0 Å². The molecule has 1 aromatic carbocycles. The normalized spacial score (nSPS) is 14.2. The maximum atomic E-state index is 11.5. The van der Waals surface area contributed by atoms with Gasteiger partial charge in [0.05, 0.1) is 0 Å². The zero-order valence-electron chi connectivity index (χ0n) is 9.58. The molecule has 0 spiro atoms. The molecule has 2 rings (SSSR count). The zero-order valence-corrected chi connectivity index (χ0v) is 9.58. The van der Waals surface area contributed by atoms with E-state index in [1.165, 1.54) is 4.68 Å². The van der Waals surface area contributed by atoms with Gasteiger partial charge in [-0.1, -0.05) is 30.3 Å². The molecule has 0 aliphatic carbocycles. The second kappa shape index (κ2) is 4.41. The Morgan fingerprint density at radius 2 is 2.06 bits per heavy atom.